The molecule has 0 radical (unpaired) electrons. The molecule has 1 aromatic heterocycles. The van der Waals surface area contributed by atoms with Crippen molar-refractivity contribution in [3.8, 4) is 0 Å². The summed E-state index contributed by atoms with van der Waals surface area (Å²) in [5, 5.41) is 6.23. The van der Waals surface area contributed by atoms with E-state index >= 15 is 0 Å². The maximum atomic E-state index is 11.6. The van der Waals surface area contributed by atoms with Crippen LogP contribution in [-0.4, -0.2) is 29.1 Å². The van der Waals surface area contributed by atoms with Crippen molar-refractivity contribution in [3.63, 3.8) is 0 Å². The minimum atomic E-state index is -0.533. The van der Waals surface area contributed by atoms with Gasteiger partial charge in [-0.2, -0.15) is 4.98 Å². The first-order valence-corrected chi connectivity index (χ1v) is 4.80. The molecule has 0 bridgehead atoms. The zero-order valence-electron chi connectivity index (χ0n) is 8.99. The van der Waals surface area contributed by atoms with Crippen LogP contribution >= 0.6 is 0 Å². The van der Waals surface area contributed by atoms with Crippen LogP contribution in [0.25, 0.3) is 0 Å². The lowest BCUT2D eigenvalue weighted by molar-refractivity contribution is -0.128. The Morgan fingerprint density at radius 1 is 1.67 bits per heavy atom. The molecule has 1 aromatic rings. The van der Waals surface area contributed by atoms with Gasteiger partial charge in [0, 0.05) is 19.5 Å². The van der Waals surface area contributed by atoms with Crippen LogP contribution in [0, 0.1) is 5.41 Å². The number of aromatic nitrogens is 2. The number of rotatable bonds is 5. The van der Waals surface area contributed by atoms with E-state index in [-0.39, 0.29) is 5.91 Å². The van der Waals surface area contributed by atoms with E-state index in [1.165, 1.54) is 6.33 Å². The van der Waals surface area contributed by atoms with Crippen LogP contribution in [0.2, 0.25) is 0 Å². The summed E-state index contributed by atoms with van der Waals surface area (Å²) in [6.07, 6.45) is 1.87. The molecule has 1 rings (SSSR count). The Kier molecular flexibility index (Phi) is 3.79. The van der Waals surface area contributed by atoms with E-state index in [4.69, 9.17) is 10.3 Å². The van der Waals surface area contributed by atoms with E-state index < -0.39 is 5.41 Å². The smallest absolute Gasteiger partial charge is 0.228 e. The second-order valence-corrected chi connectivity index (χ2v) is 3.93. The van der Waals surface area contributed by atoms with Gasteiger partial charge in [-0.25, -0.2) is 0 Å². The molecule has 0 saturated carbocycles. The fourth-order valence-electron chi connectivity index (χ4n) is 0.921. The Balaban J connectivity index is 2.29. The van der Waals surface area contributed by atoms with Crippen molar-refractivity contribution in [3.05, 3.63) is 12.2 Å². The molecule has 1 heterocycles. The van der Waals surface area contributed by atoms with Crippen LogP contribution < -0.4 is 11.1 Å². The maximum Gasteiger partial charge on any atom is 0.228 e. The molecule has 6 heteroatoms. The Morgan fingerprint density at radius 3 is 2.93 bits per heavy atom. The molecule has 0 spiro atoms. The molecule has 0 fully saturated rings. The largest absolute Gasteiger partial charge is 0.355 e. The summed E-state index contributed by atoms with van der Waals surface area (Å²) in [4.78, 5) is 15.4. The monoisotopic (exact) mass is 212 g/mol. The SMILES string of the molecule is CC(C)(CN)C(=O)NCCc1ncno1. The van der Waals surface area contributed by atoms with Crippen molar-refractivity contribution in [2.45, 2.75) is 20.3 Å². The lowest BCUT2D eigenvalue weighted by Crippen LogP contribution is -2.42. The van der Waals surface area contributed by atoms with E-state index in [1.54, 1.807) is 13.8 Å². The van der Waals surface area contributed by atoms with Gasteiger partial charge in [0.25, 0.3) is 0 Å². The summed E-state index contributed by atoms with van der Waals surface area (Å²) < 4.78 is 4.79. The standard InChI is InChI=1S/C9H16N4O2/c1-9(2,5-10)8(14)11-4-3-7-12-6-13-15-7/h6H,3-5,10H2,1-2H3,(H,11,14). The predicted octanol–water partition coefficient (Wildman–Crippen LogP) is -0.287. The van der Waals surface area contributed by atoms with Gasteiger partial charge >= 0.3 is 0 Å². The number of hydrogen-bond donors (Lipinski definition) is 2. The molecule has 0 aliphatic heterocycles. The summed E-state index contributed by atoms with van der Waals surface area (Å²) in [6, 6.07) is 0. The second kappa shape index (κ2) is 4.88. The number of nitrogens with one attached hydrogen (secondary N) is 1. The number of carbonyl (C=O) groups excluding carboxylic acids is 1. The fraction of sp³-hybridized carbons (Fsp3) is 0.667. The highest BCUT2D eigenvalue weighted by molar-refractivity contribution is 5.81. The third-order valence-electron chi connectivity index (χ3n) is 2.16. The van der Waals surface area contributed by atoms with Gasteiger partial charge in [-0.05, 0) is 13.8 Å². The van der Waals surface area contributed by atoms with Crippen LogP contribution in [0.15, 0.2) is 10.9 Å². The molecule has 0 aliphatic rings. The molecule has 0 atom stereocenters. The normalized spacial score (nSPS) is 11.4. The average molecular weight is 212 g/mol. The number of hydrogen-bond acceptors (Lipinski definition) is 5. The number of amides is 1. The van der Waals surface area contributed by atoms with Gasteiger partial charge in [-0.1, -0.05) is 5.16 Å². The predicted molar refractivity (Wildman–Crippen MR) is 53.8 cm³/mol. The van der Waals surface area contributed by atoms with Gasteiger partial charge in [0.05, 0.1) is 5.41 Å². The summed E-state index contributed by atoms with van der Waals surface area (Å²) in [6.45, 7) is 4.40. The molecule has 0 aliphatic carbocycles. The van der Waals surface area contributed by atoms with Crippen molar-refractivity contribution in [2.24, 2.45) is 11.1 Å². The molecule has 0 unspecified atom stereocenters. The summed E-state index contributed by atoms with van der Waals surface area (Å²) in [5.41, 5.74) is 4.94. The van der Waals surface area contributed by atoms with Crippen molar-refractivity contribution in [1.29, 1.82) is 0 Å². The molecular weight excluding hydrogens is 196 g/mol. The van der Waals surface area contributed by atoms with Gasteiger partial charge < -0.3 is 15.6 Å². The first-order valence-electron chi connectivity index (χ1n) is 4.80. The Morgan fingerprint density at radius 2 is 2.40 bits per heavy atom. The lowest BCUT2D eigenvalue weighted by atomic mass is 9.93. The van der Waals surface area contributed by atoms with Gasteiger partial charge in [0.2, 0.25) is 11.8 Å². The molecule has 6 nitrogen and oxygen atoms in total. The molecule has 0 saturated heterocycles. The van der Waals surface area contributed by atoms with Crippen molar-refractivity contribution < 1.29 is 9.32 Å². The number of nitrogens with two attached hydrogens (primary N) is 1. The third kappa shape index (κ3) is 3.32. The molecule has 15 heavy (non-hydrogen) atoms. The number of carbonyl (C=O) groups is 1. The second-order valence-electron chi connectivity index (χ2n) is 3.93. The van der Waals surface area contributed by atoms with Crippen LogP contribution in [0.5, 0.6) is 0 Å². The van der Waals surface area contributed by atoms with Gasteiger partial charge in [-0.15, -0.1) is 0 Å². The third-order valence-corrected chi connectivity index (χ3v) is 2.16. The molecule has 3 N–H and O–H groups in total. The molecular formula is C9H16N4O2. The summed E-state index contributed by atoms with van der Waals surface area (Å²) in [7, 11) is 0. The maximum absolute atomic E-state index is 11.6. The fourth-order valence-corrected chi connectivity index (χ4v) is 0.921. The zero-order valence-corrected chi connectivity index (χ0v) is 8.99. The summed E-state index contributed by atoms with van der Waals surface area (Å²) in [5.74, 6) is 0.449. The summed E-state index contributed by atoms with van der Waals surface area (Å²) >= 11 is 0. The minimum absolute atomic E-state index is 0.0653. The molecule has 84 valence electrons. The first-order chi connectivity index (χ1) is 7.06. The van der Waals surface area contributed by atoms with Crippen molar-refractivity contribution in [2.75, 3.05) is 13.1 Å². The van der Waals surface area contributed by atoms with Gasteiger partial charge in [0.1, 0.15) is 0 Å². The Bertz CT molecular complexity index is 308. The van der Waals surface area contributed by atoms with E-state index in [0.717, 1.165) is 0 Å². The highest BCUT2D eigenvalue weighted by atomic mass is 16.5. The van der Waals surface area contributed by atoms with Crippen LogP contribution in [0.3, 0.4) is 0 Å². The average Bonchev–Trinajstić information content (AvgIpc) is 2.70. The molecule has 0 aromatic carbocycles. The van der Waals surface area contributed by atoms with Crippen LogP contribution in [0.4, 0.5) is 0 Å². The van der Waals surface area contributed by atoms with E-state index in [9.17, 15) is 4.79 Å². The van der Waals surface area contributed by atoms with Gasteiger partial charge in [0.15, 0.2) is 6.33 Å². The van der Waals surface area contributed by atoms with E-state index in [0.29, 0.717) is 25.4 Å². The van der Waals surface area contributed by atoms with Gasteiger partial charge in [-0.3, -0.25) is 4.79 Å². The topological polar surface area (TPSA) is 94.0 Å². The van der Waals surface area contributed by atoms with Crippen LogP contribution in [-0.2, 0) is 11.2 Å². The highest BCUT2D eigenvalue weighted by Crippen LogP contribution is 2.11. The lowest BCUT2D eigenvalue weighted by Gasteiger charge is -2.20. The molecule has 1 amide bonds. The minimum Gasteiger partial charge on any atom is -0.355 e. The van der Waals surface area contributed by atoms with Crippen LogP contribution in [0.1, 0.15) is 19.7 Å². The van der Waals surface area contributed by atoms with Crippen molar-refractivity contribution >= 4 is 5.91 Å². The Hall–Kier alpha value is -1.43. The van der Waals surface area contributed by atoms with Crippen molar-refractivity contribution in [1.82, 2.24) is 15.5 Å². The quantitative estimate of drug-likeness (QED) is 0.699. The zero-order chi connectivity index (χ0) is 11.3. The first kappa shape index (κ1) is 11.6. The Labute approximate surface area is 88.2 Å². The number of nitrogens with zero attached hydrogens (tertiary/aromatic N) is 2. The van der Waals surface area contributed by atoms with E-state index in [2.05, 4.69) is 15.5 Å². The highest BCUT2D eigenvalue weighted by Gasteiger charge is 2.25. The van der Waals surface area contributed by atoms with E-state index in [1.807, 2.05) is 0 Å².